The first-order valence-corrected chi connectivity index (χ1v) is 5.57. The second kappa shape index (κ2) is 3.98. The Balaban J connectivity index is 3.05. The standard InChI is InChI=1S/C8H8ClNO3S/c1-6-2-4-7(5-3-6)14(12,13)10-8(9)11/h2-5H,1H3,(H,10,11). The average Bonchev–Trinajstić information content (AvgIpc) is 2.02. The Morgan fingerprint density at radius 2 is 1.79 bits per heavy atom. The fourth-order valence-corrected chi connectivity index (χ4v) is 2.01. The molecule has 14 heavy (non-hydrogen) atoms. The Kier molecular flexibility index (Phi) is 3.13. The van der Waals surface area contributed by atoms with Crippen LogP contribution in [-0.4, -0.2) is 13.8 Å². The van der Waals surface area contributed by atoms with E-state index in [-0.39, 0.29) is 4.90 Å². The lowest BCUT2D eigenvalue weighted by atomic mass is 10.2. The van der Waals surface area contributed by atoms with E-state index >= 15 is 0 Å². The highest BCUT2D eigenvalue weighted by molar-refractivity contribution is 7.90. The first kappa shape index (κ1) is 11.0. The van der Waals surface area contributed by atoms with Crippen LogP contribution in [0.5, 0.6) is 0 Å². The molecular formula is C8H8ClNO3S. The smallest absolute Gasteiger partial charge is 0.255 e. The minimum atomic E-state index is -3.81. The Labute approximate surface area is 86.9 Å². The number of carbonyl (C=O) groups is 1. The van der Waals surface area contributed by atoms with E-state index in [1.54, 1.807) is 16.9 Å². The zero-order chi connectivity index (χ0) is 10.8. The Morgan fingerprint density at radius 3 is 2.21 bits per heavy atom. The van der Waals surface area contributed by atoms with E-state index in [1.165, 1.54) is 12.1 Å². The molecule has 0 atom stereocenters. The van der Waals surface area contributed by atoms with Crippen molar-refractivity contribution in [2.75, 3.05) is 0 Å². The molecule has 0 aliphatic carbocycles. The molecule has 0 aromatic heterocycles. The zero-order valence-corrected chi connectivity index (χ0v) is 8.89. The maximum atomic E-state index is 11.3. The molecule has 0 saturated heterocycles. The lowest BCUT2D eigenvalue weighted by Crippen LogP contribution is -2.25. The highest BCUT2D eigenvalue weighted by atomic mass is 35.5. The quantitative estimate of drug-likeness (QED) is 0.624. The van der Waals surface area contributed by atoms with Crippen molar-refractivity contribution in [1.82, 2.24) is 4.72 Å². The third-order valence-corrected chi connectivity index (χ3v) is 3.10. The molecule has 6 heteroatoms. The van der Waals surface area contributed by atoms with Gasteiger partial charge < -0.3 is 0 Å². The van der Waals surface area contributed by atoms with Crippen molar-refractivity contribution in [1.29, 1.82) is 0 Å². The first-order chi connectivity index (χ1) is 6.42. The van der Waals surface area contributed by atoms with Crippen LogP contribution in [0.15, 0.2) is 29.2 Å². The summed E-state index contributed by atoms with van der Waals surface area (Å²) in [5.74, 6) is 0. The summed E-state index contributed by atoms with van der Waals surface area (Å²) in [5.41, 5.74) is 0.932. The van der Waals surface area contributed by atoms with Crippen LogP contribution in [0, 0.1) is 6.92 Å². The van der Waals surface area contributed by atoms with Crippen molar-refractivity contribution in [3.05, 3.63) is 29.8 Å². The number of hydrogen-bond donors (Lipinski definition) is 1. The molecule has 0 aliphatic rings. The van der Waals surface area contributed by atoms with E-state index in [4.69, 9.17) is 11.6 Å². The molecule has 1 aromatic rings. The predicted molar refractivity (Wildman–Crippen MR) is 52.7 cm³/mol. The number of amides is 1. The van der Waals surface area contributed by atoms with Gasteiger partial charge in [-0.1, -0.05) is 17.7 Å². The minimum Gasteiger partial charge on any atom is -0.255 e. The number of aryl methyl sites for hydroxylation is 1. The maximum absolute atomic E-state index is 11.3. The second-order valence-electron chi connectivity index (χ2n) is 2.69. The number of hydrogen-bond acceptors (Lipinski definition) is 3. The van der Waals surface area contributed by atoms with Crippen LogP contribution >= 0.6 is 11.6 Å². The fraction of sp³-hybridized carbons (Fsp3) is 0.125. The van der Waals surface area contributed by atoms with Crippen molar-refractivity contribution < 1.29 is 13.2 Å². The molecule has 0 bridgehead atoms. The molecule has 4 nitrogen and oxygen atoms in total. The van der Waals surface area contributed by atoms with Gasteiger partial charge in [0.15, 0.2) is 0 Å². The maximum Gasteiger partial charge on any atom is 0.327 e. The number of benzene rings is 1. The molecule has 1 amide bonds. The molecule has 0 spiro atoms. The SMILES string of the molecule is Cc1ccc(S(=O)(=O)NC(=O)Cl)cc1. The topological polar surface area (TPSA) is 63.2 Å². The molecule has 0 fully saturated rings. The van der Waals surface area contributed by atoms with Gasteiger partial charge in [0, 0.05) is 0 Å². The van der Waals surface area contributed by atoms with Crippen molar-refractivity contribution in [3.63, 3.8) is 0 Å². The fourth-order valence-electron chi connectivity index (χ4n) is 0.882. The molecule has 0 radical (unpaired) electrons. The average molecular weight is 234 g/mol. The number of sulfonamides is 1. The number of nitrogens with one attached hydrogen (secondary N) is 1. The summed E-state index contributed by atoms with van der Waals surface area (Å²) in [6, 6.07) is 6.07. The lowest BCUT2D eigenvalue weighted by Gasteiger charge is -2.03. The van der Waals surface area contributed by atoms with E-state index in [0.717, 1.165) is 5.56 Å². The third-order valence-electron chi connectivity index (χ3n) is 1.55. The van der Waals surface area contributed by atoms with Crippen LogP contribution in [0.1, 0.15) is 5.56 Å². The summed E-state index contributed by atoms with van der Waals surface area (Å²) in [4.78, 5) is 10.4. The molecule has 1 aromatic carbocycles. The minimum absolute atomic E-state index is 0.0112. The summed E-state index contributed by atoms with van der Waals surface area (Å²) in [7, 11) is -3.81. The van der Waals surface area contributed by atoms with Gasteiger partial charge in [0.05, 0.1) is 4.90 Å². The summed E-state index contributed by atoms with van der Waals surface area (Å²) in [6.45, 7) is 1.83. The second-order valence-corrected chi connectivity index (χ2v) is 4.72. The molecular weight excluding hydrogens is 226 g/mol. The van der Waals surface area contributed by atoms with Gasteiger partial charge in [0.25, 0.3) is 10.0 Å². The van der Waals surface area contributed by atoms with Gasteiger partial charge in [-0.25, -0.2) is 13.1 Å². The normalized spacial score (nSPS) is 11.0. The predicted octanol–water partition coefficient (Wildman–Crippen LogP) is 1.63. The largest absolute Gasteiger partial charge is 0.327 e. The molecule has 1 rings (SSSR count). The van der Waals surface area contributed by atoms with Crippen molar-refractivity contribution in [3.8, 4) is 0 Å². The first-order valence-electron chi connectivity index (χ1n) is 3.71. The Bertz CT molecular complexity index is 438. The Hall–Kier alpha value is -1.07. The highest BCUT2D eigenvalue weighted by Crippen LogP contribution is 2.09. The zero-order valence-electron chi connectivity index (χ0n) is 7.32. The van der Waals surface area contributed by atoms with E-state index in [9.17, 15) is 13.2 Å². The molecule has 0 unspecified atom stereocenters. The van der Waals surface area contributed by atoms with Crippen LogP contribution in [-0.2, 0) is 10.0 Å². The van der Waals surface area contributed by atoms with Crippen LogP contribution in [0.3, 0.4) is 0 Å². The monoisotopic (exact) mass is 233 g/mol. The van der Waals surface area contributed by atoms with E-state index in [2.05, 4.69) is 0 Å². The summed E-state index contributed by atoms with van der Waals surface area (Å²) < 4.78 is 24.3. The molecule has 0 saturated carbocycles. The van der Waals surface area contributed by atoms with Gasteiger partial charge in [-0.2, -0.15) is 0 Å². The lowest BCUT2D eigenvalue weighted by molar-refractivity contribution is 0.264. The molecule has 0 heterocycles. The third kappa shape index (κ3) is 2.71. The summed E-state index contributed by atoms with van der Waals surface area (Å²) in [5, 5.41) is -1.12. The van der Waals surface area contributed by atoms with Crippen molar-refractivity contribution in [2.45, 2.75) is 11.8 Å². The van der Waals surface area contributed by atoms with Crippen LogP contribution < -0.4 is 4.72 Å². The van der Waals surface area contributed by atoms with E-state index in [1.807, 2.05) is 6.92 Å². The van der Waals surface area contributed by atoms with Crippen LogP contribution in [0.2, 0.25) is 0 Å². The van der Waals surface area contributed by atoms with Gasteiger partial charge in [-0.3, -0.25) is 4.79 Å². The summed E-state index contributed by atoms with van der Waals surface area (Å²) >= 11 is 4.91. The van der Waals surface area contributed by atoms with E-state index < -0.39 is 15.4 Å². The van der Waals surface area contributed by atoms with Gasteiger partial charge in [-0.05, 0) is 30.7 Å². The van der Waals surface area contributed by atoms with Crippen LogP contribution in [0.25, 0.3) is 0 Å². The van der Waals surface area contributed by atoms with Gasteiger partial charge in [-0.15, -0.1) is 0 Å². The van der Waals surface area contributed by atoms with Gasteiger partial charge >= 0.3 is 5.37 Å². The van der Waals surface area contributed by atoms with Gasteiger partial charge in [0.1, 0.15) is 0 Å². The van der Waals surface area contributed by atoms with E-state index in [0.29, 0.717) is 0 Å². The van der Waals surface area contributed by atoms with Gasteiger partial charge in [0.2, 0.25) is 0 Å². The molecule has 0 aliphatic heterocycles. The number of rotatable bonds is 2. The summed E-state index contributed by atoms with van der Waals surface area (Å²) in [6.07, 6.45) is 0. The number of carbonyl (C=O) groups excluding carboxylic acids is 1. The Morgan fingerprint density at radius 1 is 1.29 bits per heavy atom. The highest BCUT2D eigenvalue weighted by Gasteiger charge is 2.15. The molecule has 76 valence electrons. The van der Waals surface area contributed by atoms with Crippen molar-refractivity contribution in [2.24, 2.45) is 0 Å². The van der Waals surface area contributed by atoms with Crippen molar-refractivity contribution >= 4 is 27.0 Å². The molecule has 1 N–H and O–H groups in total. The number of halogens is 1. The van der Waals surface area contributed by atoms with Crippen LogP contribution in [0.4, 0.5) is 4.79 Å².